The smallest absolute Gasteiger partial charge is 0.351 e. The summed E-state index contributed by atoms with van der Waals surface area (Å²) in [5.41, 5.74) is -0.670. The fraction of sp³-hybridized carbons (Fsp3) is 0.667. The SMILES string of the molecule is CC1(C)CCC(Nc2nccc(C(F)(F)F)n2)C1. The molecule has 6 heteroatoms. The van der Waals surface area contributed by atoms with Gasteiger partial charge in [0.15, 0.2) is 0 Å². The number of hydrogen-bond acceptors (Lipinski definition) is 3. The molecule has 1 fully saturated rings. The summed E-state index contributed by atoms with van der Waals surface area (Å²) in [5.74, 6) is 0.0625. The van der Waals surface area contributed by atoms with Crippen LogP contribution in [0.2, 0.25) is 0 Å². The molecule has 100 valence electrons. The Morgan fingerprint density at radius 3 is 2.67 bits per heavy atom. The number of halogens is 3. The van der Waals surface area contributed by atoms with E-state index in [2.05, 4.69) is 29.1 Å². The van der Waals surface area contributed by atoms with Crippen LogP contribution in [0.1, 0.15) is 38.8 Å². The first-order valence-corrected chi connectivity index (χ1v) is 5.93. The Labute approximate surface area is 104 Å². The Kier molecular flexibility index (Phi) is 3.21. The van der Waals surface area contributed by atoms with Crippen LogP contribution in [-0.2, 0) is 6.18 Å². The average Bonchev–Trinajstić information content (AvgIpc) is 2.57. The lowest BCUT2D eigenvalue weighted by atomic mass is 9.92. The van der Waals surface area contributed by atoms with Gasteiger partial charge in [-0.1, -0.05) is 13.8 Å². The van der Waals surface area contributed by atoms with E-state index in [0.717, 1.165) is 31.5 Å². The lowest BCUT2D eigenvalue weighted by Crippen LogP contribution is -2.20. The van der Waals surface area contributed by atoms with Crippen LogP contribution in [-0.4, -0.2) is 16.0 Å². The molecular formula is C12H16F3N3. The van der Waals surface area contributed by atoms with Crippen molar-refractivity contribution in [2.24, 2.45) is 5.41 Å². The van der Waals surface area contributed by atoms with Gasteiger partial charge in [-0.2, -0.15) is 13.2 Å². The summed E-state index contributed by atoms with van der Waals surface area (Å²) in [7, 11) is 0. The van der Waals surface area contributed by atoms with E-state index in [-0.39, 0.29) is 17.4 Å². The molecule has 0 saturated heterocycles. The first kappa shape index (κ1) is 13.1. The van der Waals surface area contributed by atoms with Gasteiger partial charge < -0.3 is 5.32 Å². The van der Waals surface area contributed by atoms with Crippen LogP contribution < -0.4 is 5.32 Å². The lowest BCUT2D eigenvalue weighted by molar-refractivity contribution is -0.141. The number of alkyl halides is 3. The Morgan fingerprint density at radius 2 is 2.11 bits per heavy atom. The second-order valence-electron chi connectivity index (χ2n) is 5.51. The highest BCUT2D eigenvalue weighted by Crippen LogP contribution is 2.38. The quantitative estimate of drug-likeness (QED) is 0.883. The van der Waals surface area contributed by atoms with Crippen molar-refractivity contribution >= 4 is 5.95 Å². The summed E-state index contributed by atoms with van der Waals surface area (Å²) >= 11 is 0. The molecule has 3 nitrogen and oxygen atoms in total. The lowest BCUT2D eigenvalue weighted by Gasteiger charge is -2.18. The predicted octanol–water partition coefficient (Wildman–Crippen LogP) is 3.49. The number of nitrogens with zero attached hydrogens (tertiary/aromatic N) is 2. The standard InChI is InChI=1S/C12H16F3N3/c1-11(2)5-3-8(7-11)17-10-16-6-4-9(18-10)12(13,14)15/h4,6,8H,3,5,7H2,1-2H3,(H,16,17,18). The molecule has 1 heterocycles. The van der Waals surface area contributed by atoms with Crippen molar-refractivity contribution in [3.63, 3.8) is 0 Å². The molecule has 1 saturated carbocycles. The minimum atomic E-state index is -4.42. The topological polar surface area (TPSA) is 37.8 Å². The molecule has 1 aliphatic rings. The van der Waals surface area contributed by atoms with Crippen molar-refractivity contribution < 1.29 is 13.2 Å². The van der Waals surface area contributed by atoms with Gasteiger partial charge in [-0.3, -0.25) is 0 Å². The highest BCUT2D eigenvalue weighted by Gasteiger charge is 2.34. The fourth-order valence-electron chi connectivity index (χ4n) is 2.33. The van der Waals surface area contributed by atoms with Crippen LogP contribution in [0.25, 0.3) is 0 Å². The summed E-state index contributed by atoms with van der Waals surface area (Å²) in [6.07, 6.45) is -0.366. The summed E-state index contributed by atoms with van der Waals surface area (Å²) < 4.78 is 37.5. The van der Waals surface area contributed by atoms with E-state index in [9.17, 15) is 13.2 Å². The first-order valence-electron chi connectivity index (χ1n) is 5.93. The van der Waals surface area contributed by atoms with Crippen molar-refractivity contribution in [1.82, 2.24) is 9.97 Å². The van der Waals surface area contributed by atoms with E-state index < -0.39 is 11.9 Å². The fourth-order valence-corrected chi connectivity index (χ4v) is 2.33. The number of rotatable bonds is 2. The second-order valence-corrected chi connectivity index (χ2v) is 5.51. The predicted molar refractivity (Wildman–Crippen MR) is 62.1 cm³/mol. The van der Waals surface area contributed by atoms with E-state index in [1.807, 2.05) is 0 Å². The van der Waals surface area contributed by atoms with Crippen LogP contribution >= 0.6 is 0 Å². The second kappa shape index (κ2) is 4.40. The van der Waals surface area contributed by atoms with Gasteiger partial charge in [-0.05, 0) is 30.7 Å². The van der Waals surface area contributed by atoms with Gasteiger partial charge in [0, 0.05) is 12.2 Å². The highest BCUT2D eigenvalue weighted by atomic mass is 19.4. The van der Waals surface area contributed by atoms with E-state index in [1.54, 1.807) is 0 Å². The Bertz CT molecular complexity index is 429. The zero-order chi connectivity index (χ0) is 13.4. The molecule has 2 rings (SSSR count). The maximum atomic E-state index is 12.5. The van der Waals surface area contributed by atoms with E-state index in [0.29, 0.717) is 0 Å². The Hall–Kier alpha value is -1.33. The van der Waals surface area contributed by atoms with Crippen LogP contribution in [0.5, 0.6) is 0 Å². The van der Waals surface area contributed by atoms with Crippen molar-refractivity contribution in [2.45, 2.75) is 45.3 Å². The first-order chi connectivity index (χ1) is 8.26. The molecule has 1 N–H and O–H groups in total. The third-order valence-corrected chi connectivity index (χ3v) is 3.25. The third kappa shape index (κ3) is 3.11. The molecule has 0 aliphatic heterocycles. The zero-order valence-electron chi connectivity index (χ0n) is 10.4. The molecular weight excluding hydrogens is 243 g/mol. The van der Waals surface area contributed by atoms with Gasteiger partial charge in [0.05, 0.1) is 0 Å². The Balaban J connectivity index is 2.07. The maximum absolute atomic E-state index is 12.5. The van der Waals surface area contributed by atoms with E-state index in [1.165, 1.54) is 0 Å². The van der Waals surface area contributed by atoms with Crippen LogP contribution in [0, 0.1) is 5.41 Å². The minimum Gasteiger partial charge on any atom is -0.351 e. The molecule has 18 heavy (non-hydrogen) atoms. The number of nitrogens with one attached hydrogen (secondary N) is 1. The van der Waals surface area contributed by atoms with Gasteiger partial charge in [0.25, 0.3) is 0 Å². The molecule has 1 atom stereocenters. The van der Waals surface area contributed by atoms with Crippen molar-refractivity contribution in [3.8, 4) is 0 Å². The van der Waals surface area contributed by atoms with Gasteiger partial charge in [-0.15, -0.1) is 0 Å². The summed E-state index contributed by atoms with van der Waals surface area (Å²) in [5, 5.41) is 2.99. The summed E-state index contributed by atoms with van der Waals surface area (Å²) in [6.45, 7) is 4.31. The molecule has 0 amide bonds. The molecule has 1 aliphatic carbocycles. The molecule has 0 spiro atoms. The number of hydrogen-bond donors (Lipinski definition) is 1. The number of anilines is 1. The molecule has 1 unspecified atom stereocenters. The largest absolute Gasteiger partial charge is 0.433 e. The molecule has 1 aromatic heterocycles. The van der Waals surface area contributed by atoms with Gasteiger partial charge in [0.2, 0.25) is 5.95 Å². The highest BCUT2D eigenvalue weighted by molar-refractivity contribution is 5.28. The summed E-state index contributed by atoms with van der Waals surface area (Å²) in [4.78, 5) is 7.35. The van der Waals surface area contributed by atoms with Crippen molar-refractivity contribution in [3.05, 3.63) is 18.0 Å². The van der Waals surface area contributed by atoms with E-state index >= 15 is 0 Å². The minimum absolute atomic E-state index is 0.0625. The van der Waals surface area contributed by atoms with Gasteiger partial charge >= 0.3 is 6.18 Å². The molecule has 0 bridgehead atoms. The van der Waals surface area contributed by atoms with Crippen LogP contribution in [0.15, 0.2) is 12.3 Å². The van der Waals surface area contributed by atoms with Crippen LogP contribution in [0.3, 0.4) is 0 Å². The number of aromatic nitrogens is 2. The van der Waals surface area contributed by atoms with E-state index in [4.69, 9.17) is 0 Å². The third-order valence-electron chi connectivity index (χ3n) is 3.25. The normalized spacial score (nSPS) is 23.1. The van der Waals surface area contributed by atoms with Gasteiger partial charge in [0.1, 0.15) is 5.69 Å². The molecule has 1 aromatic rings. The van der Waals surface area contributed by atoms with Crippen LogP contribution in [0.4, 0.5) is 19.1 Å². The molecule has 0 radical (unpaired) electrons. The van der Waals surface area contributed by atoms with Gasteiger partial charge in [-0.25, -0.2) is 9.97 Å². The van der Waals surface area contributed by atoms with Crippen molar-refractivity contribution in [2.75, 3.05) is 5.32 Å². The zero-order valence-corrected chi connectivity index (χ0v) is 10.4. The monoisotopic (exact) mass is 259 g/mol. The summed E-state index contributed by atoms with van der Waals surface area (Å²) in [6, 6.07) is 1.03. The maximum Gasteiger partial charge on any atom is 0.433 e. The Morgan fingerprint density at radius 1 is 1.39 bits per heavy atom. The van der Waals surface area contributed by atoms with Crippen molar-refractivity contribution in [1.29, 1.82) is 0 Å². The molecule has 0 aromatic carbocycles. The average molecular weight is 259 g/mol.